The monoisotopic (exact) mass is 230 g/mol. The van der Waals surface area contributed by atoms with Crippen LogP contribution in [0, 0.1) is 12.7 Å². The number of nitrogens with zero attached hydrogens (tertiary/aromatic N) is 2. The molecule has 2 rings (SSSR count). The van der Waals surface area contributed by atoms with E-state index in [2.05, 4.69) is 4.98 Å². The third-order valence-electron chi connectivity index (χ3n) is 2.63. The molecule has 0 atom stereocenters. The predicted octanol–water partition coefficient (Wildman–Crippen LogP) is 3.26. The first-order valence-electron chi connectivity index (χ1n) is 5.48. The summed E-state index contributed by atoms with van der Waals surface area (Å²) in [4.78, 5) is 6.35. The van der Waals surface area contributed by atoms with Crippen molar-refractivity contribution in [1.29, 1.82) is 0 Å². The van der Waals surface area contributed by atoms with E-state index < -0.39 is 0 Å². The number of hydrogen-bond acceptors (Lipinski definition) is 2. The fourth-order valence-corrected chi connectivity index (χ4v) is 1.86. The van der Waals surface area contributed by atoms with Crippen LogP contribution in [0.1, 0.15) is 5.56 Å². The van der Waals surface area contributed by atoms with E-state index in [0.29, 0.717) is 0 Å². The van der Waals surface area contributed by atoms with E-state index in [-0.39, 0.29) is 5.82 Å². The van der Waals surface area contributed by atoms with Gasteiger partial charge in [-0.1, -0.05) is 12.1 Å². The van der Waals surface area contributed by atoms with Crippen LogP contribution in [0.2, 0.25) is 0 Å². The van der Waals surface area contributed by atoms with Crippen LogP contribution in [-0.2, 0) is 0 Å². The Balaban J connectivity index is 2.44. The highest BCUT2D eigenvalue weighted by molar-refractivity contribution is 5.65. The average molecular weight is 230 g/mol. The van der Waals surface area contributed by atoms with Gasteiger partial charge in [-0.25, -0.2) is 9.37 Å². The molecule has 0 amide bonds. The molecule has 0 aliphatic carbocycles. The molecule has 88 valence electrons. The van der Waals surface area contributed by atoms with Crippen molar-refractivity contribution in [3.8, 4) is 11.1 Å². The molecule has 0 radical (unpaired) electrons. The highest BCUT2D eigenvalue weighted by Crippen LogP contribution is 2.24. The maximum atomic E-state index is 13.1. The summed E-state index contributed by atoms with van der Waals surface area (Å²) < 4.78 is 13.1. The van der Waals surface area contributed by atoms with Crippen LogP contribution in [0.15, 0.2) is 36.5 Å². The summed E-state index contributed by atoms with van der Waals surface area (Å²) >= 11 is 0. The molecule has 0 aliphatic heterocycles. The minimum atomic E-state index is -0.225. The summed E-state index contributed by atoms with van der Waals surface area (Å²) in [6.45, 7) is 2.01. The molecular formula is C14H15FN2. The van der Waals surface area contributed by atoms with E-state index in [0.717, 1.165) is 22.5 Å². The third kappa shape index (κ3) is 2.44. The molecule has 1 aromatic carbocycles. The number of pyridine rings is 1. The zero-order chi connectivity index (χ0) is 12.4. The van der Waals surface area contributed by atoms with Gasteiger partial charge in [0.05, 0.1) is 0 Å². The van der Waals surface area contributed by atoms with Crippen LogP contribution >= 0.6 is 0 Å². The van der Waals surface area contributed by atoms with Gasteiger partial charge in [-0.05, 0) is 36.2 Å². The van der Waals surface area contributed by atoms with Crippen molar-refractivity contribution >= 4 is 5.82 Å². The summed E-state index contributed by atoms with van der Waals surface area (Å²) in [5.41, 5.74) is 2.87. The van der Waals surface area contributed by atoms with Crippen molar-refractivity contribution in [3.05, 3.63) is 47.9 Å². The highest BCUT2D eigenvalue weighted by Gasteiger charge is 2.05. The summed E-state index contributed by atoms with van der Waals surface area (Å²) in [5, 5.41) is 0. The molecule has 0 saturated heterocycles. The maximum absolute atomic E-state index is 13.1. The van der Waals surface area contributed by atoms with Crippen molar-refractivity contribution < 1.29 is 4.39 Å². The quantitative estimate of drug-likeness (QED) is 0.787. The second-order valence-electron chi connectivity index (χ2n) is 4.27. The van der Waals surface area contributed by atoms with E-state index in [1.165, 1.54) is 12.1 Å². The van der Waals surface area contributed by atoms with Gasteiger partial charge < -0.3 is 4.90 Å². The zero-order valence-corrected chi connectivity index (χ0v) is 10.2. The van der Waals surface area contributed by atoms with Crippen LogP contribution in [-0.4, -0.2) is 19.1 Å². The van der Waals surface area contributed by atoms with Crippen molar-refractivity contribution in [2.24, 2.45) is 0 Å². The number of rotatable bonds is 2. The Morgan fingerprint density at radius 3 is 2.47 bits per heavy atom. The van der Waals surface area contributed by atoms with Crippen LogP contribution in [0.5, 0.6) is 0 Å². The minimum Gasteiger partial charge on any atom is -0.363 e. The highest BCUT2D eigenvalue weighted by atomic mass is 19.1. The fraction of sp³-hybridized carbons (Fsp3) is 0.214. The number of hydrogen-bond donors (Lipinski definition) is 0. The second kappa shape index (κ2) is 4.53. The lowest BCUT2D eigenvalue weighted by Crippen LogP contribution is -2.12. The number of aromatic nitrogens is 1. The number of benzene rings is 1. The maximum Gasteiger partial charge on any atom is 0.130 e. The Morgan fingerprint density at radius 2 is 1.88 bits per heavy atom. The normalized spacial score (nSPS) is 10.4. The van der Waals surface area contributed by atoms with Gasteiger partial charge in [0.2, 0.25) is 0 Å². The Hall–Kier alpha value is -1.90. The minimum absolute atomic E-state index is 0.225. The molecular weight excluding hydrogens is 215 g/mol. The first kappa shape index (κ1) is 11.6. The largest absolute Gasteiger partial charge is 0.363 e. The van der Waals surface area contributed by atoms with Gasteiger partial charge in [0.1, 0.15) is 11.6 Å². The van der Waals surface area contributed by atoms with Crippen LogP contribution < -0.4 is 4.90 Å². The van der Waals surface area contributed by atoms with Gasteiger partial charge >= 0.3 is 0 Å². The van der Waals surface area contributed by atoms with Gasteiger partial charge in [-0.3, -0.25) is 0 Å². The summed E-state index contributed by atoms with van der Waals surface area (Å²) in [7, 11) is 3.91. The van der Waals surface area contributed by atoms with Crippen molar-refractivity contribution in [3.63, 3.8) is 0 Å². The van der Waals surface area contributed by atoms with Gasteiger partial charge in [0, 0.05) is 25.9 Å². The van der Waals surface area contributed by atoms with E-state index in [1.54, 1.807) is 12.3 Å². The van der Waals surface area contributed by atoms with E-state index in [4.69, 9.17) is 0 Å². The summed E-state index contributed by atoms with van der Waals surface area (Å²) in [6.07, 6.45) is 1.77. The van der Waals surface area contributed by atoms with E-state index in [9.17, 15) is 4.39 Å². The molecule has 1 heterocycles. The molecule has 3 heteroatoms. The average Bonchev–Trinajstić information content (AvgIpc) is 2.28. The molecule has 0 saturated carbocycles. The number of anilines is 1. The van der Waals surface area contributed by atoms with Gasteiger partial charge in [-0.15, -0.1) is 0 Å². The molecule has 17 heavy (non-hydrogen) atoms. The molecule has 0 fully saturated rings. The van der Waals surface area contributed by atoms with Crippen LogP contribution in [0.25, 0.3) is 11.1 Å². The van der Waals surface area contributed by atoms with E-state index >= 15 is 0 Å². The Labute approximate surface area is 101 Å². The SMILES string of the molecule is Cc1cc(-c2cccc(F)c2)cnc1N(C)C. The third-order valence-corrected chi connectivity index (χ3v) is 2.63. The van der Waals surface area contributed by atoms with Crippen LogP contribution in [0.3, 0.4) is 0 Å². The summed E-state index contributed by atoms with van der Waals surface area (Å²) in [6, 6.07) is 8.58. The lowest BCUT2D eigenvalue weighted by Gasteiger charge is -2.14. The Kier molecular flexibility index (Phi) is 3.09. The standard InChI is InChI=1S/C14H15FN2/c1-10-7-12(9-16-14(10)17(2)3)11-5-4-6-13(15)8-11/h4-9H,1-3H3. The lowest BCUT2D eigenvalue weighted by molar-refractivity contribution is 0.628. The molecule has 2 aromatic rings. The Morgan fingerprint density at radius 1 is 1.12 bits per heavy atom. The van der Waals surface area contributed by atoms with Gasteiger partial charge in [-0.2, -0.15) is 0 Å². The van der Waals surface area contributed by atoms with Gasteiger partial charge in [0.25, 0.3) is 0 Å². The summed E-state index contributed by atoms with van der Waals surface area (Å²) in [5.74, 6) is 0.710. The topological polar surface area (TPSA) is 16.1 Å². The fourth-order valence-electron chi connectivity index (χ4n) is 1.86. The van der Waals surface area contributed by atoms with Crippen molar-refractivity contribution in [2.45, 2.75) is 6.92 Å². The molecule has 1 aromatic heterocycles. The molecule has 0 unspecified atom stereocenters. The smallest absolute Gasteiger partial charge is 0.130 e. The molecule has 0 bridgehead atoms. The number of aryl methyl sites for hydroxylation is 1. The van der Waals surface area contributed by atoms with Crippen molar-refractivity contribution in [2.75, 3.05) is 19.0 Å². The van der Waals surface area contributed by atoms with E-state index in [1.807, 2.05) is 38.1 Å². The molecule has 0 N–H and O–H groups in total. The van der Waals surface area contributed by atoms with Crippen LogP contribution in [0.4, 0.5) is 10.2 Å². The van der Waals surface area contributed by atoms with Crippen molar-refractivity contribution in [1.82, 2.24) is 4.98 Å². The molecule has 0 spiro atoms. The number of halogens is 1. The predicted molar refractivity (Wildman–Crippen MR) is 68.7 cm³/mol. The lowest BCUT2D eigenvalue weighted by atomic mass is 10.1. The second-order valence-corrected chi connectivity index (χ2v) is 4.27. The first-order chi connectivity index (χ1) is 8.08. The zero-order valence-electron chi connectivity index (χ0n) is 10.2. The Bertz CT molecular complexity index is 535. The van der Waals surface area contributed by atoms with Gasteiger partial charge in [0.15, 0.2) is 0 Å². The molecule has 2 nitrogen and oxygen atoms in total. The first-order valence-corrected chi connectivity index (χ1v) is 5.48. The molecule has 0 aliphatic rings.